The standard InChI is InChI=1S/C19H15ClN4/c20-16-8-4-3-7-14(16)17-13-6-2-1-5-12(13)15(9-21)18(24)19(17,10-22)11-23/h3-5,7-8,13,17H,1-2,6,24H2/t13-,17+/m0/s1. The zero-order valence-electron chi connectivity index (χ0n) is 13.0. The Hall–Kier alpha value is -2.74. The molecule has 0 spiro atoms. The van der Waals surface area contributed by atoms with Crippen molar-refractivity contribution in [3.8, 4) is 18.2 Å². The molecule has 2 atom stereocenters. The number of hydrogen-bond donors (Lipinski definition) is 1. The van der Waals surface area contributed by atoms with Crippen LogP contribution in [0.15, 0.2) is 47.2 Å². The first-order valence-electron chi connectivity index (χ1n) is 7.78. The number of nitrogens with two attached hydrogens (primary N) is 1. The molecule has 5 heteroatoms. The molecule has 1 aromatic carbocycles. The maximum atomic E-state index is 9.88. The molecular weight excluding hydrogens is 320 g/mol. The Balaban J connectivity index is 2.37. The molecule has 2 N–H and O–H groups in total. The van der Waals surface area contributed by atoms with E-state index in [1.165, 1.54) is 0 Å². The number of allylic oxidation sites excluding steroid dienone is 4. The Morgan fingerprint density at radius 1 is 1.17 bits per heavy atom. The van der Waals surface area contributed by atoms with E-state index in [1.54, 1.807) is 6.07 Å². The molecule has 24 heavy (non-hydrogen) atoms. The summed E-state index contributed by atoms with van der Waals surface area (Å²) in [5, 5.41) is 29.8. The van der Waals surface area contributed by atoms with Crippen molar-refractivity contribution in [2.24, 2.45) is 17.1 Å². The zero-order valence-corrected chi connectivity index (χ0v) is 13.7. The fraction of sp³-hybridized carbons (Fsp3) is 0.316. The van der Waals surface area contributed by atoms with E-state index in [2.05, 4.69) is 18.2 Å². The van der Waals surface area contributed by atoms with Gasteiger partial charge < -0.3 is 5.73 Å². The first-order chi connectivity index (χ1) is 11.6. The zero-order chi connectivity index (χ0) is 17.3. The third-order valence-electron chi connectivity index (χ3n) is 5.04. The van der Waals surface area contributed by atoms with Gasteiger partial charge in [0.25, 0.3) is 0 Å². The molecule has 0 heterocycles. The van der Waals surface area contributed by atoms with E-state index in [0.717, 1.165) is 30.4 Å². The maximum absolute atomic E-state index is 9.88. The summed E-state index contributed by atoms with van der Waals surface area (Å²) in [6, 6.07) is 13.6. The Labute approximate surface area is 146 Å². The van der Waals surface area contributed by atoms with Crippen molar-refractivity contribution in [2.75, 3.05) is 0 Å². The number of halogens is 1. The minimum Gasteiger partial charge on any atom is -0.399 e. The van der Waals surface area contributed by atoms with Gasteiger partial charge in [-0.05, 0) is 42.4 Å². The molecule has 1 aromatic rings. The van der Waals surface area contributed by atoms with Crippen molar-refractivity contribution in [2.45, 2.75) is 25.2 Å². The van der Waals surface area contributed by atoms with Crippen LogP contribution in [-0.2, 0) is 0 Å². The predicted molar refractivity (Wildman–Crippen MR) is 90.1 cm³/mol. The summed E-state index contributed by atoms with van der Waals surface area (Å²) >= 11 is 6.39. The van der Waals surface area contributed by atoms with Crippen molar-refractivity contribution in [3.63, 3.8) is 0 Å². The van der Waals surface area contributed by atoms with Crippen molar-refractivity contribution in [3.05, 3.63) is 57.8 Å². The van der Waals surface area contributed by atoms with E-state index >= 15 is 0 Å². The molecule has 0 saturated heterocycles. The molecule has 0 amide bonds. The average Bonchev–Trinajstić information content (AvgIpc) is 2.62. The number of rotatable bonds is 1. The van der Waals surface area contributed by atoms with E-state index in [-0.39, 0.29) is 17.2 Å². The van der Waals surface area contributed by atoms with Crippen LogP contribution in [0.25, 0.3) is 0 Å². The van der Waals surface area contributed by atoms with Crippen LogP contribution < -0.4 is 5.73 Å². The summed E-state index contributed by atoms with van der Waals surface area (Å²) in [5.41, 5.74) is 6.53. The second kappa shape index (κ2) is 6.04. The highest BCUT2D eigenvalue weighted by molar-refractivity contribution is 6.31. The minimum absolute atomic E-state index is 0.0457. The predicted octanol–water partition coefficient (Wildman–Crippen LogP) is 3.93. The van der Waals surface area contributed by atoms with Crippen LogP contribution in [0.2, 0.25) is 5.02 Å². The second-order valence-corrected chi connectivity index (χ2v) is 6.54. The van der Waals surface area contributed by atoms with Crippen LogP contribution in [0, 0.1) is 45.3 Å². The van der Waals surface area contributed by atoms with E-state index in [1.807, 2.05) is 24.3 Å². The van der Waals surface area contributed by atoms with Crippen LogP contribution in [0.4, 0.5) is 0 Å². The minimum atomic E-state index is -1.59. The molecule has 2 aliphatic carbocycles. The van der Waals surface area contributed by atoms with Crippen molar-refractivity contribution in [1.29, 1.82) is 15.8 Å². The van der Waals surface area contributed by atoms with E-state index in [0.29, 0.717) is 5.02 Å². The third kappa shape index (κ3) is 2.10. The van der Waals surface area contributed by atoms with Crippen molar-refractivity contribution < 1.29 is 0 Å². The lowest BCUT2D eigenvalue weighted by atomic mass is 9.57. The summed E-state index contributed by atoms with van der Waals surface area (Å²) in [6.45, 7) is 0. The Kier molecular flexibility index (Phi) is 4.06. The molecule has 2 aliphatic rings. The van der Waals surface area contributed by atoms with Crippen LogP contribution in [0.1, 0.15) is 30.7 Å². The van der Waals surface area contributed by atoms with Crippen LogP contribution >= 0.6 is 11.6 Å². The first-order valence-corrected chi connectivity index (χ1v) is 8.16. The van der Waals surface area contributed by atoms with Gasteiger partial charge in [-0.15, -0.1) is 0 Å². The summed E-state index contributed by atoms with van der Waals surface area (Å²) in [5.74, 6) is -0.593. The number of fused-ring (bicyclic) bond motifs is 1. The number of hydrogen-bond acceptors (Lipinski definition) is 4. The molecule has 0 bridgehead atoms. The lowest BCUT2D eigenvalue weighted by Crippen LogP contribution is -2.42. The van der Waals surface area contributed by atoms with Gasteiger partial charge >= 0.3 is 0 Å². The molecule has 4 nitrogen and oxygen atoms in total. The summed E-state index contributed by atoms with van der Waals surface area (Å²) < 4.78 is 0. The molecule has 118 valence electrons. The fourth-order valence-corrected chi connectivity index (χ4v) is 4.20. The highest BCUT2D eigenvalue weighted by Gasteiger charge is 2.54. The largest absolute Gasteiger partial charge is 0.399 e. The second-order valence-electron chi connectivity index (χ2n) is 6.13. The molecule has 0 aliphatic heterocycles. The topological polar surface area (TPSA) is 97.4 Å². The number of nitrogens with zero attached hydrogens (tertiary/aromatic N) is 3. The summed E-state index contributed by atoms with van der Waals surface area (Å²) in [4.78, 5) is 0. The number of benzene rings is 1. The summed E-state index contributed by atoms with van der Waals surface area (Å²) in [6.07, 6.45) is 4.62. The van der Waals surface area contributed by atoms with Gasteiger partial charge in [-0.2, -0.15) is 15.8 Å². The lowest BCUT2D eigenvalue weighted by molar-refractivity contribution is 0.317. The molecule has 3 rings (SSSR count). The van der Waals surface area contributed by atoms with Crippen LogP contribution in [0.3, 0.4) is 0 Å². The van der Waals surface area contributed by atoms with Gasteiger partial charge in [0.15, 0.2) is 5.41 Å². The quantitative estimate of drug-likeness (QED) is 0.841. The molecule has 0 unspecified atom stereocenters. The normalized spacial score (nSPS) is 24.8. The van der Waals surface area contributed by atoms with Crippen LogP contribution in [-0.4, -0.2) is 0 Å². The van der Waals surface area contributed by atoms with E-state index in [4.69, 9.17) is 17.3 Å². The smallest absolute Gasteiger partial charge is 0.191 e. The SMILES string of the molecule is N#CC1=C(N)C(C#N)(C#N)[C@@H](c2ccccc2Cl)[C@H]2CCCC=C12. The average molecular weight is 335 g/mol. The lowest BCUT2D eigenvalue weighted by Gasteiger charge is -2.43. The van der Waals surface area contributed by atoms with Crippen molar-refractivity contribution in [1.82, 2.24) is 0 Å². The highest BCUT2D eigenvalue weighted by Crippen LogP contribution is 2.56. The van der Waals surface area contributed by atoms with Gasteiger partial charge in [-0.1, -0.05) is 35.9 Å². The Morgan fingerprint density at radius 2 is 1.88 bits per heavy atom. The van der Waals surface area contributed by atoms with E-state index < -0.39 is 11.3 Å². The van der Waals surface area contributed by atoms with Gasteiger partial charge in [0.05, 0.1) is 23.4 Å². The maximum Gasteiger partial charge on any atom is 0.191 e. The van der Waals surface area contributed by atoms with Gasteiger partial charge in [0.2, 0.25) is 0 Å². The third-order valence-corrected chi connectivity index (χ3v) is 5.38. The molecule has 0 fully saturated rings. The fourth-order valence-electron chi connectivity index (χ4n) is 3.94. The first kappa shape index (κ1) is 16.1. The van der Waals surface area contributed by atoms with Crippen LogP contribution in [0.5, 0.6) is 0 Å². The molecule has 0 aromatic heterocycles. The highest BCUT2D eigenvalue weighted by atomic mass is 35.5. The Morgan fingerprint density at radius 3 is 2.50 bits per heavy atom. The monoisotopic (exact) mass is 334 g/mol. The summed E-state index contributed by atoms with van der Waals surface area (Å²) in [7, 11) is 0. The Bertz CT molecular complexity index is 862. The van der Waals surface area contributed by atoms with Gasteiger partial charge in [0, 0.05) is 10.9 Å². The van der Waals surface area contributed by atoms with E-state index in [9.17, 15) is 15.8 Å². The van der Waals surface area contributed by atoms with Gasteiger partial charge in [-0.3, -0.25) is 0 Å². The molecular formula is C19H15ClN4. The van der Waals surface area contributed by atoms with Gasteiger partial charge in [0.1, 0.15) is 6.07 Å². The molecule has 0 saturated carbocycles. The van der Waals surface area contributed by atoms with Crippen molar-refractivity contribution >= 4 is 11.6 Å². The number of nitriles is 3. The van der Waals surface area contributed by atoms with Gasteiger partial charge in [-0.25, -0.2) is 0 Å². The molecule has 0 radical (unpaired) electrons.